The SMILES string of the molecule is COC(=O)C(=O)Cc1ccc(N(C)C)cc1. The molecule has 0 spiro atoms. The van der Waals surface area contributed by atoms with Crippen LogP contribution in [0.3, 0.4) is 0 Å². The first-order valence-corrected chi connectivity index (χ1v) is 4.92. The second-order valence-corrected chi connectivity index (χ2v) is 3.65. The topological polar surface area (TPSA) is 46.6 Å². The molecule has 86 valence electrons. The molecule has 1 aromatic carbocycles. The van der Waals surface area contributed by atoms with E-state index in [2.05, 4.69) is 4.74 Å². The molecule has 0 aliphatic rings. The van der Waals surface area contributed by atoms with Gasteiger partial charge in [0.15, 0.2) is 0 Å². The number of hydrogen-bond donors (Lipinski definition) is 0. The van der Waals surface area contributed by atoms with E-state index < -0.39 is 11.8 Å². The van der Waals surface area contributed by atoms with Gasteiger partial charge in [-0.3, -0.25) is 4.79 Å². The summed E-state index contributed by atoms with van der Waals surface area (Å²) in [7, 11) is 5.08. The van der Waals surface area contributed by atoms with Gasteiger partial charge >= 0.3 is 5.97 Å². The Bertz CT molecular complexity index is 382. The minimum absolute atomic E-state index is 0.0837. The third kappa shape index (κ3) is 3.08. The number of hydrogen-bond acceptors (Lipinski definition) is 4. The largest absolute Gasteiger partial charge is 0.463 e. The Kier molecular flexibility index (Phi) is 4.05. The minimum atomic E-state index is -0.795. The molecule has 4 heteroatoms. The zero-order valence-corrected chi connectivity index (χ0v) is 9.69. The van der Waals surface area contributed by atoms with Crippen molar-refractivity contribution in [2.75, 3.05) is 26.1 Å². The summed E-state index contributed by atoms with van der Waals surface area (Å²) < 4.78 is 4.35. The van der Waals surface area contributed by atoms with Crippen LogP contribution in [0.25, 0.3) is 0 Å². The van der Waals surface area contributed by atoms with E-state index in [1.165, 1.54) is 7.11 Å². The fourth-order valence-electron chi connectivity index (χ4n) is 1.28. The van der Waals surface area contributed by atoms with Crippen molar-refractivity contribution < 1.29 is 14.3 Å². The zero-order chi connectivity index (χ0) is 12.1. The van der Waals surface area contributed by atoms with E-state index in [9.17, 15) is 9.59 Å². The van der Waals surface area contributed by atoms with Crippen molar-refractivity contribution in [3.05, 3.63) is 29.8 Å². The maximum absolute atomic E-state index is 11.3. The summed E-state index contributed by atoms with van der Waals surface area (Å²) in [6, 6.07) is 7.46. The molecule has 0 bridgehead atoms. The van der Waals surface area contributed by atoms with Crippen molar-refractivity contribution in [3.63, 3.8) is 0 Å². The average Bonchev–Trinajstić information content (AvgIpc) is 2.28. The number of benzene rings is 1. The van der Waals surface area contributed by atoms with Gasteiger partial charge in [-0.2, -0.15) is 0 Å². The number of carbonyl (C=O) groups is 2. The van der Waals surface area contributed by atoms with E-state index in [0.29, 0.717) is 0 Å². The van der Waals surface area contributed by atoms with Crippen LogP contribution in [0, 0.1) is 0 Å². The third-order valence-electron chi connectivity index (χ3n) is 2.23. The lowest BCUT2D eigenvalue weighted by Crippen LogP contribution is -2.17. The number of ketones is 1. The van der Waals surface area contributed by atoms with Gasteiger partial charge in [0.05, 0.1) is 7.11 Å². The van der Waals surface area contributed by atoms with Crippen LogP contribution in [0.4, 0.5) is 5.69 Å². The average molecular weight is 221 g/mol. The van der Waals surface area contributed by atoms with E-state index in [1.807, 2.05) is 43.3 Å². The molecule has 0 unspecified atom stereocenters. The summed E-state index contributed by atoms with van der Waals surface area (Å²) >= 11 is 0. The predicted molar refractivity (Wildman–Crippen MR) is 61.5 cm³/mol. The van der Waals surface area contributed by atoms with Crippen LogP contribution in [-0.2, 0) is 20.7 Å². The molecule has 0 N–H and O–H groups in total. The Morgan fingerprint density at radius 2 is 1.75 bits per heavy atom. The Labute approximate surface area is 94.8 Å². The van der Waals surface area contributed by atoms with Gasteiger partial charge in [-0.25, -0.2) is 4.79 Å². The summed E-state index contributed by atoms with van der Waals surface area (Å²) in [5, 5.41) is 0. The Hall–Kier alpha value is -1.84. The van der Waals surface area contributed by atoms with Gasteiger partial charge in [0.1, 0.15) is 0 Å². The molecule has 4 nitrogen and oxygen atoms in total. The summed E-state index contributed by atoms with van der Waals surface area (Å²) in [6.45, 7) is 0. The number of methoxy groups -OCH3 is 1. The molecule has 16 heavy (non-hydrogen) atoms. The normalized spacial score (nSPS) is 9.69. The number of anilines is 1. The van der Waals surface area contributed by atoms with Crippen molar-refractivity contribution in [3.8, 4) is 0 Å². The smallest absolute Gasteiger partial charge is 0.374 e. The Balaban J connectivity index is 2.69. The highest BCUT2D eigenvalue weighted by molar-refractivity contribution is 6.34. The monoisotopic (exact) mass is 221 g/mol. The van der Waals surface area contributed by atoms with Crippen molar-refractivity contribution in [1.29, 1.82) is 0 Å². The standard InChI is InChI=1S/C12H15NO3/c1-13(2)10-6-4-9(5-7-10)8-11(14)12(15)16-3/h4-7H,8H2,1-3H3. The zero-order valence-electron chi connectivity index (χ0n) is 9.69. The lowest BCUT2D eigenvalue weighted by Gasteiger charge is -2.12. The minimum Gasteiger partial charge on any atom is -0.463 e. The molecule has 1 rings (SSSR count). The van der Waals surface area contributed by atoms with Crippen molar-refractivity contribution in [1.82, 2.24) is 0 Å². The summed E-state index contributed by atoms with van der Waals surface area (Å²) in [6.07, 6.45) is 0.0837. The maximum Gasteiger partial charge on any atom is 0.374 e. The fraction of sp³-hybridized carbons (Fsp3) is 0.333. The van der Waals surface area contributed by atoms with Crippen LogP contribution in [0.2, 0.25) is 0 Å². The van der Waals surface area contributed by atoms with E-state index in [-0.39, 0.29) is 6.42 Å². The molecular formula is C12H15NO3. The van der Waals surface area contributed by atoms with E-state index in [4.69, 9.17) is 0 Å². The molecule has 0 fully saturated rings. The van der Waals surface area contributed by atoms with Gasteiger partial charge in [-0.1, -0.05) is 12.1 Å². The Morgan fingerprint density at radius 3 is 2.19 bits per heavy atom. The summed E-state index contributed by atoms with van der Waals surface area (Å²) in [4.78, 5) is 24.2. The van der Waals surface area contributed by atoms with Crippen LogP contribution < -0.4 is 4.90 Å². The first kappa shape index (κ1) is 12.2. The van der Waals surface area contributed by atoms with Crippen LogP contribution >= 0.6 is 0 Å². The maximum atomic E-state index is 11.3. The molecule has 0 saturated heterocycles. The van der Waals surface area contributed by atoms with Gasteiger partial charge < -0.3 is 9.64 Å². The number of carbonyl (C=O) groups excluding carboxylic acids is 2. The van der Waals surface area contributed by atoms with Crippen molar-refractivity contribution in [2.24, 2.45) is 0 Å². The lowest BCUT2D eigenvalue weighted by molar-refractivity contribution is -0.151. The van der Waals surface area contributed by atoms with Crippen LogP contribution in [0.5, 0.6) is 0 Å². The van der Waals surface area contributed by atoms with Crippen LogP contribution in [0.1, 0.15) is 5.56 Å². The summed E-state index contributed by atoms with van der Waals surface area (Å²) in [5.74, 6) is -1.32. The lowest BCUT2D eigenvalue weighted by atomic mass is 10.1. The van der Waals surface area contributed by atoms with Gasteiger partial charge in [0.25, 0.3) is 0 Å². The van der Waals surface area contributed by atoms with E-state index in [0.717, 1.165) is 11.3 Å². The van der Waals surface area contributed by atoms with E-state index >= 15 is 0 Å². The molecule has 0 amide bonds. The first-order chi connectivity index (χ1) is 7.54. The van der Waals surface area contributed by atoms with Crippen LogP contribution in [-0.4, -0.2) is 33.0 Å². The molecule has 0 aliphatic carbocycles. The highest BCUT2D eigenvalue weighted by atomic mass is 16.5. The van der Waals surface area contributed by atoms with Gasteiger partial charge in [-0.05, 0) is 17.7 Å². The van der Waals surface area contributed by atoms with Gasteiger partial charge in [-0.15, -0.1) is 0 Å². The molecule has 0 aliphatic heterocycles. The van der Waals surface area contributed by atoms with Crippen molar-refractivity contribution in [2.45, 2.75) is 6.42 Å². The molecular weight excluding hydrogens is 206 g/mol. The highest BCUT2D eigenvalue weighted by Gasteiger charge is 2.14. The highest BCUT2D eigenvalue weighted by Crippen LogP contribution is 2.12. The quantitative estimate of drug-likeness (QED) is 0.563. The summed E-state index contributed by atoms with van der Waals surface area (Å²) in [5.41, 5.74) is 1.86. The number of ether oxygens (including phenoxy) is 1. The van der Waals surface area contributed by atoms with Crippen molar-refractivity contribution >= 4 is 17.4 Å². The number of Topliss-reactive ketones (excluding diaryl/α,β-unsaturated/α-hetero) is 1. The molecule has 0 aromatic heterocycles. The van der Waals surface area contributed by atoms with Crippen LogP contribution in [0.15, 0.2) is 24.3 Å². The third-order valence-corrected chi connectivity index (χ3v) is 2.23. The number of nitrogens with zero attached hydrogens (tertiary/aromatic N) is 1. The molecule has 0 heterocycles. The number of rotatable bonds is 4. The fourth-order valence-corrected chi connectivity index (χ4v) is 1.28. The van der Waals surface area contributed by atoms with Gasteiger partial charge in [0.2, 0.25) is 5.78 Å². The second kappa shape index (κ2) is 5.30. The molecule has 0 atom stereocenters. The van der Waals surface area contributed by atoms with E-state index in [1.54, 1.807) is 0 Å². The molecule has 0 radical (unpaired) electrons. The Morgan fingerprint density at radius 1 is 1.19 bits per heavy atom. The van der Waals surface area contributed by atoms with Gasteiger partial charge in [0, 0.05) is 26.2 Å². The number of esters is 1. The molecule has 1 aromatic rings. The first-order valence-electron chi connectivity index (χ1n) is 4.92. The second-order valence-electron chi connectivity index (χ2n) is 3.65. The molecule has 0 saturated carbocycles. The predicted octanol–water partition coefficient (Wildman–Crippen LogP) is 1.04.